The van der Waals surface area contributed by atoms with Crippen LogP contribution in [0.2, 0.25) is 0 Å². The van der Waals surface area contributed by atoms with E-state index in [1.54, 1.807) is 0 Å². The van der Waals surface area contributed by atoms with Crippen molar-refractivity contribution in [1.29, 1.82) is 0 Å². The molecule has 1 aliphatic rings. The molecule has 0 bridgehead atoms. The van der Waals surface area contributed by atoms with Gasteiger partial charge in [-0.25, -0.2) is 0 Å². The quantitative estimate of drug-likeness (QED) is 0.792. The van der Waals surface area contributed by atoms with Gasteiger partial charge in [-0.05, 0) is 48.8 Å². The maximum Gasteiger partial charge on any atom is 0.0104 e. The van der Waals surface area contributed by atoms with E-state index in [1.807, 2.05) is 0 Å². The summed E-state index contributed by atoms with van der Waals surface area (Å²) in [6, 6.07) is 22.5. The Morgan fingerprint density at radius 2 is 1.67 bits per heavy atom. The monoisotopic (exact) mass is 279 g/mol. The van der Waals surface area contributed by atoms with Crippen LogP contribution in [0, 0.1) is 5.92 Å². The molecule has 3 atom stereocenters. The zero-order valence-electron chi connectivity index (χ0n) is 12.8. The molecule has 0 aromatic heterocycles. The van der Waals surface area contributed by atoms with Gasteiger partial charge in [0.1, 0.15) is 0 Å². The summed E-state index contributed by atoms with van der Waals surface area (Å²) >= 11 is 0. The van der Waals surface area contributed by atoms with Crippen molar-refractivity contribution in [2.24, 2.45) is 5.92 Å². The molecule has 1 saturated carbocycles. The molecule has 2 aromatic carbocycles. The van der Waals surface area contributed by atoms with Crippen molar-refractivity contribution in [3.05, 3.63) is 71.8 Å². The first-order valence-corrected chi connectivity index (χ1v) is 8.20. The highest BCUT2D eigenvalue weighted by Crippen LogP contribution is 2.50. The summed E-state index contributed by atoms with van der Waals surface area (Å²) < 4.78 is 0. The van der Waals surface area contributed by atoms with E-state index in [9.17, 15) is 0 Å². The molecule has 1 aliphatic carbocycles. The lowest BCUT2D eigenvalue weighted by atomic mass is 9.99. The highest BCUT2D eigenvalue weighted by molar-refractivity contribution is 5.27. The van der Waals surface area contributed by atoms with E-state index >= 15 is 0 Å². The van der Waals surface area contributed by atoms with E-state index in [0.29, 0.717) is 6.04 Å². The maximum atomic E-state index is 3.71. The molecule has 1 heteroatoms. The van der Waals surface area contributed by atoms with Crippen LogP contribution < -0.4 is 5.32 Å². The van der Waals surface area contributed by atoms with Gasteiger partial charge in [0.15, 0.2) is 0 Å². The molecule has 0 amide bonds. The number of benzene rings is 2. The highest BCUT2D eigenvalue weighted by atomic mass is 14.9. The highest BCUT2D eigenvalue weighted by Gasteiger charge is 2.42. The predicted octanol–water partition coefficient (Wildman–Crippen LogP) is 4.40. The number of rotatable bonds is 7. The van der Waals surface area contributed by atoms with Crippen LogP contribution in [0.25, 0.3) is 0 Å². The van der Waals surface area contributed by atoms with E-state index in [1.165, 1.54) is 30.4 Å². The number of nitrogens with one attached hydrogen (secondary N) is 1. The zero-order valence-corrected chi connectivity index (χ0v) is 12.8. The van der Waals surface area contributed by atoms with Gasteiger partial charge < -0.3 is 5.32 Å². The molecule has 0 radical (unpaired) electrons. The summed E-state index contributed by atoms with van der Waals surface area (Å²) in [5.41, 5.74) is 2.97. The van der Waals surface area contributed by atoms with Gasteiger partial charge in [0, 0.05) is 6.04 Å². The lowest BCUT2D eigenvalue weighted by Crippen LogP contribution is -2.31. The minimum atomic E-state index is 0.653. The molecule has 0 heterocycles. The van der Waals surface area contributed by atoms with Gasteiger partial charge in [0.2, 0.25) is 0 Å². The third-order valence-corrected chi connectivity index (χ3v) is 4.64. The van der Waals surface area contributed by atoms with E-state index < -0.39 is 0 Å². The Morgan fingerprint density at radius 3 is 2.33 bits per heavy atom. The fourth-order valence-electron chi connectivity index (χ4n) is 3.44. The summed E-state index contributed by atoms with van der Waals surface area (Å²) in [5, 5.41) is 3.71. The second kappa shape index (κ2) is 6.91. The Bertz CT molecular complexity index is 534. The summed E-state index contributed by atoms with van der Waals surface area (Å²) in [4.78, 5) is 0. The van der Waals surface area contributed by atoms with Crippen molar-refractivity contribution >= 4 is 0 Å². The standard InChI is InChI=1S/C20H25N/c1-2-21-20(14-13-16-9-5-3-6-10-16)19-15-18(19)17-11-7-4-8-12-17/h3-12,18-21H,2,13-15H2,1H3. The van der Waals surface area contributed by atoms with Crippen molar-refractivity contribution < 1.29 is 0 Å². The number of aryl methyl sites for hydroxylation is 1. The fourth-order valence-corrected chi connectivity index (χ4v) is 3.44. The summed E-state index contributed by atoms with van der Waals surface area (Å²) in [6.07, 6.45) is 3.76. The van der Waals surface area contributed by atoms with Crippen LogP contribution in [-0.4, -0.2) is 12.6 Å². The van der Waals surface area contributed by atoms with Crippen molar-refractivity contribution in [2.45, 2.75) is 38.1 Å². The van der Waals surface area contributed by atoms with Crippen LogP contribution in [0.15, 0.2) is 60.7 Å². The van der Waals surface area contributed by atoms with E-state index in [2.05, 4.69) is 72.9 Å². The summed E-state index contributed by atoms with van der Waals surface area (Å²) in [7, 11) is 0. The normalized spacial score (nSPS) is 22.0. The predicted molar refractivity (Wildman–Crippen MR) is 89.5 cm³/mol. The van der Waals surface area contributed by atoms with Crippen molar-refractivity contribution in [2.75, 3.05) is 6.54 Å². The van der Waals surface area contributed by atoms with Crippen molar-refractivity contribution in [3.8, 4) is 0 Å². The Morgan fingerprint density at radius 1 is 1.00 bits per heavy atom. The number of hydrogen-bond donors (Lipinski definition) is 1. The molecule has 1 fully saturated rings. The molecule has 1 N–H and O–H groups in total. The average molecular weight is 279 g/mol. The number of hydrogen-bond acceptors (Lipinski definition) is 1. The lowest BCUT2D eigenvalue weighted by molar-refractivity contribution is 0.439. The Labute approximate surface area is 128 Å². The first-order chi connectivity index (χ1) is 10.4. The lowest BCUT2D eigenvalue weighted by Gasteiger charge is -2.18. The van der Waals surface area contributed by atoms with Crippen LogP contribution in [0.5, 0.6) is 0 Å². The summed E-state index contributed by atoms with van der Waals surface area (Å²) in [6.45, 7) is 3.28. The van der Waals surface area contributed by atoms with Crippen LogP contribution >= 0.6 is 0 Å². The SMILES string of the molecule is CCNC(CCc1ccccc1)C1CC1c1ccccc1. The second-order valence-electron chi connectivity index (χ2n) is 6.11. The molecule has 0 aliphatic heterocycles. The van der Waals surface area contributed by atoms with Crippen LogP contribution in [0.1, 0.15) is 36.8 Å². The molecular weight excluding hydrogens is 254 g/mol. The molecule has 110 valence electrons. The summed E-state index contributed by atoms with van der Waals surface area (Å²) in [5.74, 6) is 1.59. The van der Waals surface area contributed by atoms with Crippen LogP contribution in [-0.2, 0) is 6.42 Å². The molecular formula is C20H25N. The Balaban J connectivity index is 1.58. The van der Waals surface area contributed by atoms with E-state index in [-0.39, 0.29) is 0 Å². The molecule has 0 spiro atoms. The maximum absolute atomic E-state index is 3.71. The smallest absolute Gasteiger partial charge is 0.0104 e. The zero-order chi connectivity index (χ0) is 14.5. The molecule has 21 heavy (non-hydrogen) atoms. The van der Waals surface area contributed by atoms with E-state index in [0.717, 1.165) is 18.4 Å². The molecule has 1 nitrogen and oxygen atoms in total. The average Bonchev–Trinajstić information content (AvgIpc) is 3.34. The first-order valence-electron chi connectivity index (χ1n) is 8.20. The molecule has 3 unspecified atom stereocenters. The third kappa shape index (κ3) is 3.74. The largest absolute Gasteiger partial charge is 0.314 e. The van der Waals surface area contributed by atoms with Gasteiger partial charge in [-0.3, -0.25) is 0 Å². The van der Waals surface area contributed by atoms with Gasteiger partial charge in [-0.15, -0.1) is 0 Å². The van der Waals surface area contributed by atoms with Crippen molar-refractivity contribution in [1.82, 2.24) is 5.32 Å². The minimum Gasteiger partial charge on any atom is -0.314 e. The second-order valence-corrected chi connectivity index (χ2v) is 6.11. The van der Waals surface area contributed by atoms with Gasteiger partial charge in [-0.2, -0.15) is 0 Å². The molecule has 0 saturated heterocycles. The molecule has 3 rings (SSSR count). The molecule has 2 aromatic rings. The first kappa shape index (κ1) is 14.3. The van der Waals surface area contributed by atoms with Gasteiger partial charge in [0.05, 0.1) is 0 Å². The topological polar surface area (TPSA) is 12.0 Å². The van der Waals surface area contributed by atoms with Gasteiger partial charge in [-0.1, -0.05) is 67.6 Å². The Hall–Kier alpha value is -1.60. The minimum absolute atomic E-state index is 0.653. The third-order valence-electron chi connectivity index (χ3n) is 4.64. The van der Waals surface area contributed by atoms with Crippen LogP contribution in [0.4, 0.5) is 0 Å². The van der Waals surface area contributed by atoms with Crippen LogP contribution in [0.3, 0.4) is 0 Å². The van der Waals surface area contributed by atoms with E-state index in [4.69, 9.17) is 0 Å². The van der Waals surface area contributed by atoms with Gasteiger partial charge in [0.25, 0.3) is 0 Å². The fraction of sp³-hybridized carbons (Fsp3) is 0.400. The Kier molecular flexibility index (Phi) is 4.72. The van der Waals surface area contributed by atoms with Crippen molar-refractivity contribution in [3.63, 3.8) is 0 Å². The van der Waals surface area contributed by atoms with Gasteiger partial charge >= 0.3 is 0 Å².